The van der Waals surface area contributed by atoms with Gasteiger partial charge in [0.05, 0.1) is 22.3 Å². The Morgan fingerprint density at radius 3 is 2.28 bits per heavy atom. The van der Waals surface area contributed by atoms with Gasteiger partial charge in [-0.15, -0.1) is 0 Å². The maximum atomic E-state index is 6.20. The lowest BCUT2D eigenvalue weighted by Crippen LogP contribution is -2.38. The first kappa shape index (κ1) is 24.0. The molecule has 0 aliphatic heterocycles. The zero-order valence-electron chi connectivity index (χ0n) is 20.7. The molecule has 170 valence electrons. The molecule has 0 radical (unpaired) electrons. The molecule has 0 amide bonds. The minimum atomic E-state index is -0.363. The largest absolute Gasteiger partial charge is 0.441 e. The first-order chi connectivity index (χ1) is 15.2. The SMILES string of the molecule is CCC(C)(CC)c1ccccc1-c1c2ccccc2cc[n+]1COC(C)=CC(C)(C)OC. The van der Waals surface area contributed by atoms with Gasteiger partial charge in [0.15, 0.2) is 6.20 Å². The van der Waals surface area contributed by atoms with Gasteiger partial charge in [0.1, 0.15) is 0 Å². The second-order valence-corrected chi connectivity index (χ2v) is 9.37. The van der Waals surface area contributed by atoms with Crippen molar-refractivity contribution in [3.8, 4) is 11.3 Å². The molecule has 3 aromatic rings. The van der Waals surface area contributed by atoms with Crippen LogP contribution in [0.4, 0.5) is 0 Å². The molecule has 0 atom stereocenters. The van der Waals surface area contributed by atoms with E-state index in [1.807, 2.05) is 26.8 Å². The van der Waals surface area contributed by atoms with Crippen LogP contribution >= 0.6 is 0 Å². The van der Waals surface area contributed by atoms with E-state index in [4.69, 9.17) is 9.47 Å². The number of allylic oxidation sites excluding steroid dienone is 1. The van der Waals surface area contributed by atoms with Gasteiger partial charge >= 0.3 is 0 Å². The van der Waals surface area contributed by atoms with E-state index in [1.54, 1.807) is 7.11 Å². The topological polar surface area (TPSA) is 22.3 Å². The van der Waals surface area contributed by atoms with Crippen LogP contribution in [0, 0.1) is 0 Å². The summed E-state index contributed by atoms with van der Waals surface area (Å²) in [6.45, 7) is 13.4. The van der Waals surface area contributed by atoms with Gasteiger partial charge in [0.2, 0.25) is 5.69 Å². The molecule has 0 saturated carbocycles. The van der Waals surface area contributed by atoms with Crippen LogP contribution in [0.3, 0.4) is 0 Å². The molecule has 32 heavy (non-hydrogen) atoms. The zero-order chi connectivity index (χ0) is 23.4. The van der Waals surface area contributed by atoms with Crippen LogP contribution in [0.5, 0.6) is 0 Å². The van der Waals surface area contributed by atoms with Crippen molar-refractivity contribution in [2.45, 2.75) is 72.1 Å². The standard InChI is InChI=1S/C29H38NO2/c1-8-29(6,9-2)26-17-13-12-16-25(26)27-24-15-11-10-14-23(24)18-19-30(27)21-32-22(3)20-28(4,5)31-7/h10-20H,8-9,21H2,1-7H3/q+1. The number of ether oxygens (including phenoxy) is 2. The Morgan fingerprint density at radius 2 is 1.59 bits per heavy atom. The highest BCUT2D eigenvalue weighted by atomic mass is 16.5. The predicted octanol–water partition coefficient (Wildman–Crippen LogP) is 7.17. The van der Waals surface area contributed by atoms with E-state index >= 15 is 0 Å². The monoisotopic (exact) mass is 432 g/mol. The van der Waals surface area contributed by atoms with Crippen molar-refractivity contribution >= 4 is 10.8 Å². The molecule has 0 spiro atoms. The predicted molar refractivity (Wildman–Crippen MR) is 133 cm³/mol. The molecule has 1 heterocycles. The number of aromatic nitrogens is 1. The van der Waals surface area contributed by atoms with Crippen molar-refractivity contribution in [3.05, 3.63) is 78.2 Å². The van der Waals surface area contributed by atoms with Crippen LogP contribution in [-0.4, -0.2) is 12.7 Å². The van der Waals surface area contributed by atoms with Gasteiger partial charge in [-0.05, 0) is 68.2 Å². The summed E-state index contributed by atoms with van der Waals surface area (Å²) >= 11 is 0. The Bertz CT molecular complexity index is 1090. The molecule has 0 aliphatic rings. The van der Waals surface area contributed by atoms with Gasteiger partial charge in [-0.25, -0.2) is 0 Å². The first-order valence-corrected chi connectivity index (χ1v) is 11.6. The molecule has 0 bridgehead atoms. The quantitative estimate of drug-likeness (QED) is 0.264. The normalized spacial score (nSPS) is 12.9. The molecular weight excluding hydrogens is 394 g/mol. The molecule has 3 nitrogen and oxygen atoms in total. The van der Waals surface area contributed by atoms with Crippen molar-refractivity contribution in [2.75, 3.05) is 7.11 Å². The molecule has 0 fully saturated rings. The highest BCUT2D eigenvalue weighted by Gasteiger charge is 2.29. The molecular formula is C29H38NO2+. The Labute approximate surface area is 193 Å². The third kappa shape index (κ3) is 5.05. The fourth-order valence-electron chi connectivity index (χ4n) is 4.27. The number of rotatable bonds is 9. The number of benzene rings is 2. The summed E-state index contributed by atoms with van der Waals surface area (Å²) in [7, 11) is 1.72. The van der Waals surface area contributed by atoms with Crippen LogP contribution in [0.25, 0.3) is 22.0 Å². The van der Waals surface area contributed by atoms with E-state index in [1.165, 1.54) is 27.6 Å². The maximum absolute atomic E-state index is 6.20. The highest BCUT2D eigenvalue weighted by Crippen LogP contribution is 2.38. The average molecular weight is 433 g/mol. The maximum Gasteiger partial charge on any atom is 0.292 e. The van der Waals surface area contributed by atoms with E-state index in [-0.39, 0.29) is 11.0 Å². The minimum Gasteiger partial charge on any atom is -0.441 e. The van der Waals surface area contributed by atoms with Crippen molar-refractivity contribution < 1.29 is 14.0 Å². The van der Waals surface area contributed by atoms with Crippen molar-refractivity contribution in [2.24, 2.45) is 0 Å². The molecule has 0 N–H and O–H groups in total. The Hall–Kier alpha value is -2.65. The van der Waals surface area contributed by atoms with Crippen molar-refractivity contribution in [1.29, 1.82) is 0 Å². The summed E-state index contributed by atoms with van der Waals surface area (Å²) in [6.07, 6.45) is 6.34. The first-order valence-electron chi connectivity index (χ1n) is 11.6. The summed E-state index contributed by atoms with van der Waals surface area (Å²) in [4.78, 5) is 0. The molecule has 2 aromatic carbocycles. The molecule has 1 aromatic heterocycles. The number of nitrogens with zero attached hydrogens (tertiary/aromatic N) is 1. The van der Waals surface area contributed by atoms with Crippen LogP contribution in [-0.2, 0) is 21.6 Å². The van der Waals surface area contributed by atoms with Gasteiger partial charge in [0.25, 0.3) is 6.73 Å². The Balaban J connectivity index is 2.16. The fourth-order valence-corrected chi connectivity index (χ4v) is 4.27. The van der Waals surface area contributed by atoms with Gasteiger partial charge in [-0.1, -0.05) is 57.2 Å². The highest BCUT2D eigenvalue weighted by molar-refractivity contribution is 5.93. The Morgan fingerprint density at radius 1 is 0.938 bits per heavy atom. The zero-order valence-corrected chi connectivity index (χ0v) is 20.7. The molecule has 0 aliphatic carbocycles. The van der Waals surface area contributed by atoms with Gasteiger partial charge in [-0.3, -0.25) is 0 Å². The summed E-state index contributed by atoms with van der Waals surface area (Å²) in [5.41, 5.74) is 3.62. The summed E-state index contributed by atoms with van der Waals surface area (Å²) in [6, 6.07) is 19.6. The Kier molecular flexibility index (Phi) is 7.40. The lowest BCUT2D eigenvalue weighted by Gasteiger charge is -2.29. The molecule has 3 rings (SSSR count). The number of hydrogen-bond donors (Lipinski definition) is 0. The number of fused-ring (bicyclic) bond motifs is 1. The fraction of sp³-hybridized carbons (Fsp3) is 0.414. The lowest BCUT2D eigenvalue weighted by molar-refractivity contribution is -0.719. The molecule has 0 unspecified atom stereocenters. The lowest BCUT2D eigenvalue weighted by atomic mass is 9.75. The van der Waals surface area contributed by atoms with E-state index in [2.05, 4.69) is 86.1 Å². The van der Waals surface area contributed by atoms with Crippen molar-refractivity contribution in [3.63, 3.8) is 0 Å². The van der Waals surface area contributed by atoms with E-state index in [0.29, 0.717) is 6.73 Å². The summed E-state index contributed by atoms with van der Waals surface area (Å²) < 4.78 is 14.0. The van der Waals surface area contributed by atoms with Crippen molar-refractivity contribution in [1.82, 2.24) is 0 Å². The van der Waals surface area contributed by atoms with Gasteiger partial charge in [0, 0.05) is 13.2 Å². The second-order valence-electron chi connectivity index (χ2n) is 9.37. The number of methoxy groups -OCH3 is 1. The van der Waals surface area contributed by atoms with Crippen LogP contribution in [0.2, 0.25) is 0 Å². The smallest absolute Gasteiger partial charge is 0.292 e. The second kappa shape index (κ2) is 9.87. The van der Waals surface area contributed by atoms with Gasteiger partial charge in [-0.2, -0.15) is 4.57 Å². The summed E-state index contributed by atoms with van der Waals surface area (Å²) in [5, 5.41) is 2.47. The number of pyridine rings is 1. The third-order valence-electron chi connectivity index (χ3n) is 6.84. The van der Waals surface area contributed by atoms with E-state index in [9.17, 15) is 0 Å². The van der Waals surface area contributed by atoms with E-state index < -0.39 is 0 Å². The van der Waals surface area contributed by atoms with Crippen LogP contribution in [0.15, 0.2) is 72.6 Å². The summed E-state index contributed by atoms with van der Waals surface area (Å²) in [5.74, 6) is 0.851. The van der Waals surface area contributed by atoms with E-state index in [0.717, 1.165) is 18.6 Å². The number of hydrogen-bond acceptors (Lipinski definition) is 2. The van der Waals surface area contributed by atoms with Crippen LogP contribution in [0.1, 0.15) is 59.9 Å². The molecule has 0 saturated heterocycles. The third-order valence-corrected chi connectivity index (χ3v) is 6.84. The minimum absolute atomic E-state index is 0.116. The van der Waals surface area contributed by atoms with Crippen LogP contribution < -0.4 is 4.57 Å². The average Bonchev–Trinajstić information content (AvgIpc) is 2.81. The van der Waals surface area contributed by atoms with Gasteiger partial charge < -0.3 is 9.47 Å². The molecule has 3 heteroatoms.